The van der Waals surface area contributed by atoms with E-state index in [1.54, 1.807) is 160 Å². The number of fused-ring (bicyclic) bond motifs is 3. The van der Waals surface area contributed by atoms with Crippen LogP contribution in [0, 0.1) is 0 Å². The summed E-state index contributed by atoms with van der Waals surface area (Å²) in [5.41, 5.74) is 3.19. The highest BCUT2D eigenvalue weighted by Gasteiger charge is 2.32. The normalized spacial score (nSPS) is 10.7. The molecule has 220 valence electrons. The van der Waals surface area contributed by atoms with Gasteiger partial charge in [-0.05, 0) is 29.2 Å². The number of carbonyl (C=O) groups is 2. The molecule has 0 amide bonds. The van der Waals surface area contributed by atoms with Crippen LogP contribution in [0.4, 0.5) is 0 Å². The Labute approximate surface area is 293 Å². The Kier molecular flexibility index (Phi) is 21.6. The molecule has 23 heteroatoms. The molecule has 0 unspecified atom stereocenters. The molecule has 40 heavy (non-hydrogen) atoms. The maximum absolute atomic E-state index is 12.3. The zero-order chi connectivity index (χ0) is 29.2. The first-order chi connectivity index (χ1) is 19.3. The van der Waals surface area contributed by atoms with Crippen molar-refractivity contribution in [1.29, 1.82) is 0 Å². The smallest absolute Gasteiger partial charge is 0.235 e. The first-order valence-electron chi connectivity index (χ1n) is 9.75. The van der Waals surface area contributed by atoms with Crippen LogP contribution in [0.3, 0.4) is 0 Å². The van der Waals surface area contributed by atoms with E-state index in [-0.39, 0.29) is 5.41 Å². The molecular weight excluding hydrogens is 892 g/mol. The van der Waals surface area contributed by atoms with Gasteiger partial charge >= 0.3 is 0 Å². The molecule has 0 atom stereocenters. The molecule has 2 aromatic rings. The number of benzene rings is 1. The Morgan fingerprint density at radius 1 is 0.575 bits per heavy atom. The summed E-state index contributed by atoms with van der Waals surface area (Å²) >= 11 is 9.51. The zero-order valence-electron chi connectivity index (χ0n) is 19.9. The zero-order valence-corrected chi connectivity index (χ0v) is 36.2. The van der Waals surface area contributed by atoms with E-state index in [0.717, 1.165) is 11.1 Å². The predicted molar refractivity (Wildman–Crippen MR) is 224 cm³/mol. The third-order valence-electron chi connectivity index (χ3n) is 4.12. The Morgan fingerprint density at radius 3 is 1.43 bits per heavy atom. The third kappa shape index (κ3) is 14.5. The van der Waals surface area contributed by atoms with Crippen molar-refractivity contribution in [3.05, 3.63) is 53.2 Å². The van der Waals surface area contributed by atoms with E-state index in [1.165, 1.54) is 17.8 Å². The summed E-state index contributed by atoms with van der Waals surface area (Å²) < 4.78 is 0. The van der Waals surface area contributed by atoms with Crippen molar-refractivity contribution in [2.24, 2.45) is 0 Å². The van der Waals surface area contributed by atoms with Gasteiger partial charge in [0, 0.05) is 200 Å². The highest BCUT2D eigenvalue weighted by Crippen LogP contribution is 2.34. The van der Waals surface area contributed by atoms with Gasteiger partial charge in [0.25, 0.3) is 0 Å². The Balaban J connectivity index is 0.000000280. The van der Waals surface area contributed by atoms with Gasteiger partial charge in [0.2, 0.25) is 11.6 Å². The molecule has 1 heterocycles. The highest BCUT2D eigenvalue weighted by atomic mass is 33.5. The van der Waals surface area contributed by atoms with Crippen molar-refractivity contribution in [3.8, 4) is 11.3 Å². The summed E-state index contributed by atoms with van der Waals surface area (Å²) in [5, 5.41) is 0. The fourth-order valence-corrected chi connectivity index (χ4v) is 46.5. The van der Waals surface area contributed by atoms with Crippen molar-refractivity contribution in [1.82, 2.24) is 4.98 Å². The summed E-state index contributed by atoms with van der Waals surface area (Å²) in [5.74, 6) is -0.904. The number of carbonyl (C=O) groups excluding carboxylic acids is 2. The van der Waals surface area contributed by atoms with E-state index in [2.05, 4.69) is 25.8 Å². The molecule has 0 radical (unpaired) electrons. The molecule has 0 saturated carbocycles. The van der Waals surface area contributed by atoms with Gasteiger partial charge < -0.3 is 0 Å². The minimum Gasteiger partial charge on any atom is -0.285 e. The third-order valence-corrected chi connectivity index (χ3v) is 41.9. The number of nitrogens with zero attached hydrogens (tertiary/aromatic N) is 1. The van der Waals surface area contributed by atoms with Gasteiger partial charge in [0.05, 0.1) is 11.3 Å². The average molecular weight is 907 g/mol. The SMILES string of the molecule is CC(C)(C)c1ccc2c(c1)C(=O)C(=O)c1cccnc1-2.S=S=S=S=S=S=S=S=S=S=S=S=S=S=S=S=S=S=S=S. The standard InChI is InChI=1S/C17H15NO2.S20/c1-17(2,3)10-6-7-11-13(9-10)16(20)15(19)12-5-4-8-18-14(11)12;1-3-5-7-9-11-13-15-17-19-20-18-16-14-12-10-8-6-4-2/h4-9H,1-3H3;. The number of rotatable bonds is 0. The van der Waals surface area contributed by atoms with Crippen molar-refractivity contribution in [2.45, 2.75) is 26.2 Å². The molecule has 1 aliphatic rings. The van der Waals surface area contributed by atoms with Crippen molar-refractivity contribution < 1.29 is 9.59 Å². The van der Waals surface area contributed by atoms with E-state index in [0.29, 0.717) is 16.8 Å². The van der Waals surface area contributed by atoms with Gasteiger partial charge in [-0.25, -0.2) is 0 Å². The number of aromatic nitrogens is 1. The number of pyridine rings is 1. The van der Waals surface area contributed by atoms with Gasteiger partial charge in [0.1, 0.15) is 0 Å². The second-order valence-corrected chi connectivity index (χ2v) is 39.1. The van der Waals surface area contributed by atoms with Crippen LogP contribution in [-0.4, -0.2) is 16.6 Å². The molecule has 3 nitrogen and oxygen atoms in total. The van der Waals surface area contributed by atoms with Crippen LogP contribution >= 0.6 is 0 Å². The van der Waals surface area contributed by atoms with Crippen LogP contribution in [0.25, 0.3) is 11.3 Å². The summed E-state index contributed by atoms with van der Waals surface area (Å²) in [6.07, 6.45) is 1.64. The quantitative estimate of drug-likeness (QED) is 0.380. The molecule has 1 aromatic heterocycles. The summed E-state index contributed by atoms with van der Waals surface area (Å²) in [6, 6.07) is 9.06. The predicted octanol–water partition coefficient (Wildman–Crippen LogP) is 3.38. The maximum atomic E-state index is 12.3. The van der Waals surface area contributed by atoms with E-state index in [1.807, 2.05) is 18.2 Å². The van der Waals surface area contributed by atoms with E-state index in [4.69, 9.17) is 22.4 Å². The molecule has 0 N–H and O–H groups in total. The van der Waals surface area contributed by atoms with Crippen LogP contribution in [0.1, 0.15) is 47.1 Å². The lowest BCUT2D eigenvalue weighted by Gasteiger charge is -2.23. The number of hydrogen-bond donors (Lipinski definition) is 0. The fourth-order valence-electron chi connectivity index (χ4n) is 2.63. The topological polar surface area (TPSA) is 47.0 Å². The molecule has 0 fully saturated rings. The van der Waals surface area contributed by atoms with Crippen LogP contribution in [-0.2, 0) is 188 Å². The van der Waals surface area contributed by atoms with Crippen LogP contribution in [0.5, 0.6) is 0 Å². The number of Topliss-reactive ketones (excluding diaryl/α,β-unsaturated/α-hetero) is 2. The average Bonchev–Trinajstić information content (AvgIpc) is 2.95. The highest BCUT2D eigenvalue weighted by molar-refractivity contribution is 8.78. The second-order valence-electron chi connectivity index (χ2n) is 7.29. The summed E-state index contributed by atoms with van der Waals surface area (Å²) in [7, 11) is 30.8. The molecular formula is C17H15NO2S20. The minimum atomic E-state index is -0.466. The Hall–Kier alpha value is 2.11. The maximum Gasteiger partial charge on any atom is 0.235 e. The Morgan fingerprint density at radius 2 is 1.00 bits per heavy atom. The molecule has 1 aliphatic carbocycles. The summed E-state index contributed by atoms with van der Waals surface area (Å²) in [4.78, 5) is 28.7. The van der Waals surface area contributed by atoms with Crippen LogP contribution < -0.4 is 0 Å². The first-order valence-corrected chi connectivity index (χ1v) is 35.1. The lowest BCUT2D eigenvalue weighted by molar-refractivity contribution is 0.0815. The van der Waals surface area contributed by atoms with E-state index < -0.39 is 11.6 Å². The van der Waals surface area contributed by atoms with Crippen molar-refractivity contribution >= 4 is 194 Å². The first kappa shape index (κ1) is 38.3. The van der Waals surface area contributed by atoms with Gasteiger partial charge in [-0.3, -0.25) is 14.6 Å². The second kappa shape index (κ2) is 22.6. The number of ketones is 2. The van der Waals surface area contributed by atoms with Crippen molar-refractivity contribution in [2.75, 3.05) is 0 Å². The molecule has 0 saturated heterocycles. The van der Waals surface area contributed by atoms with E-state index in [9.17, 15) is 9.59 Å². The monoisotopic (exact) mass is 905 g/mol. The van der Waals surface area contributed by atoms with Gasteiger partial charge in [-0.2, -0.15) is 0 Å². The van der Waals surface area contributed by atoms with Gasteiger partial charge in [-0.1, -0.05) is 32.9 Å². The van der Waals surface area contributed by atoms with Crippen LogP contribution in [0.15, 0.2) is 36.5 Å². The van der Waals surface area contributed by atoms with E-state index >= 15 is 0 Å². The molecule has 3 rings (SSSR count). The minimum absolute atomic E-state index is 0.0667. The van der Waals surface area contributed by atoms with Crippen LogP contribution in [0.2, 0.25) is 0 Å². The number of hydrogen-bond acceptors (Lipinski definition) is 5. The van der Waals surface area contributed by atoms with Crippen molar-refractivity contribution in [3.63, 3.8) is 0 Å². The summed E-state index contributed by atoms with van der Waals surface area (Å²) in [6.45, 7) is 6.24. The molecule has 0 spiro atoms. The van der Waals surface area contributed by atoms with Gasteiger partial charge in [-0.15, -0.1) is 0 Å². The fraction of sp³-hybridized carbons (Fsp3) is 0.235. The molecule has 0 bridgehead atoms. The van der Waals surface area contributed by atoms with Gasteiger partial charge in [0.15, 0.2) is 0 Å². The molecule has 0 aliphatic heterocycles. The lowest BCUT2D eigenvalue weighted by Crippen LogP contribution is -2.23. The Bertz CT molecular complexity index is 2030. The lowest BCUT2D eigenvalue weighted by atomic mass is 9.81. The largest absolute Gasteiger partial charge is 0.285 e. The molecule has 1 aromatic carbocycles.